The largest absolute Gasteiger partial charge is 0.465 e. The van der Waals surface area contributed by atoms with Crippen LogP contribution in [0.25, 0.3) is 10.2 Å². The quantitative estimate of drug-likeness (QED) is 0.814. The highest BCUT2D eigenvalue weighted by Gasteiger charge is 2.13. The second kappa shape index (κ2) is 6.87. The topological polar surface area (TPSA) is 60.7 Å². The Morgan fingerprint density at radius 1 is 1.36 bits per heavy atom. The van der Waals surface area contributed by atoms with Crippen molar-refractivity contribution in [3.8, 4) is 0 Å². The van der Waals surface area contributed by atoms with Crippen LogP contribution in [0.1, 0.15) is 26.3 Å². The number of aryl methyl sites for hydroxylation is 1. The Morgan fingerprint density at radius 3 is 2.73 bits per heavy atom. The van der Waals surface area contributed by atoms with Crippen LogP contribution in [-0.2, 0) is 20.9 Å². The van der Waals surface area contributed by atoms with Gasteiger partial charge in [0.15, 0.2) is 4.80 Å². The summed E-state index contributed by atoms with van der Waals surface area (Å²) < 4.78 is 7.76. The molecule has 0 saturated heterocycles. The standard InChI is InChI=1S/C16H20N2O3S/c1-5-21-14(19)9-18-12-7-6-11(4)8-13(12)22-16(18)17-15(20)10(2)3/h6-8,10H,5,9H2,1-4H3. The van der Waals surface area contributed by atoms with Crippen molar-refractivity contribution in [3.63, 3.8) is 0 Å². The summed E-state index contributed by atoms with van der Waals surface area (Å²) in [5.41, 5.74) is 2.01. The third kappa shape index (κ3) is 3.62. The number of amides is 1. The molecule has 0 unspecified atom stereocenters. The molecule has 118 valence electrons. The first-order valence-corrected chi connectivity index (χ1v) is 8.08. The highest BCUT2D eigenvalue weighted by atomic mass is 32.1. The summed E-state index contributed by atoms with van der Waals surface area (Å²) in [6.45, 7) is 7.77. The van der Waals surface area contributed by atoms with E-state index in [9.17, 15) is 9.59 Å². The van der Waals surface area contributed by atoms with Gasteiger partial charge < -0.3 is 9.30 Å². The van der Waals surface area contributed by atoms with Crippen molar-refractivity contribution in [2.75, 3.05) is 6.61 Å². The maximum Gasteiger partial charge on any atom is 0.326 e. The van der Waals surface area contributed by atoms with Gasteiger partial charge in [-0.25, -0.2) is 0 Å². The van der Waals surface area contributed by atoms with Crippen molar-refractivity contribution in [1.82, 2.24) is 4.57 Å². The van der Waals surface area contributed by atoms with E-state index in [0.29, 0.717) is 11.4 Å². The summed E-state index contributed by atoms with van der Waals surface area (Å²) in [6.07, 6.45) is 0. The van der Waals surface area contributed by atoms with Crippen LogP contribution in [0.4, 0.5) is 0 Å². The fraction of sp³-hybridized carbons (Fsp3) is 0.438. The van der Waals surface area contributed by atoms with Crippen molar-refractivity contribution in [2.24, 2.45) is 10.9 Å². The predicted octanol–water partition coefficient (Wildman–Crippen LogP) is 2.66. The molecule has 1 amide bonds. The number of fused-ring (bicyclic) bond motifs is 1. The lowest BCUT2D eigenvalue weighted by Crippen LogP contribution is -2.23. The van der Waals surface area contributed by atoms with Crippen molar-refractivity contribution in [3.05, 3.63) is 28.6 Å². The summed E-state index contributed by atoms with van der Waals surface area (Å²) in [5.74, 6) is -0.704. The van der Waals surface area contributed by atoms with Gasteiger partial charge in [0.05, 0.1) is 16.8 Å². The number of esters is 1. The molecule has 1 heterocycles. The van der Waals surface area contributed by atoms with Crippen molar-refractivity contribution < 1.29 is 14.3 Å². The molecule has 0 aliphatic carbocycles. The van der Waals surface area contributed by atoms with E-state index in [4.69, 9.17) is 4.74 Å². The second-order valence-electron chi connectivity index (χ2n) is 5.35. The first-order valence-electron chi connectivity index (χ1n) is 7.26. The molecule has 1 aromatic carbocycles. The Kier molecular flexibility index (Phi) is 5.13. The maximum absolute atomic E-state index is 11.9. The maximum atomic E-state index is 11.9. The van der Waals surface area contributed by atoms with E-state index in [1.165, 1.54) is 11.3 Å². The van der Waals surface area contributed by atoms with Crippen LogP contribution in [0, 0.1) is 12.8 Å². The fourth-order valence-electron chi connectivity index (χ4n) is 1.98. The Morgan fingerprint density at radius 2 is 2.09 bits per heavy atom. The van der Waals surface area contributed by atoms with Gasteiger partial charge in [-0.15, -0.1) is 0 Å². The molecule has 5 nitrogen and oxygen atoms in total. The number of carbonyl (C=O) groups is 2. The molecule has 0 bridgehead atoms. The van der Waals surface area contributed by atoms with E-state index in [1.54, 1.807) is 25.3 Å². The molecule has 0 atom stereocenters. The minimum atomic E-state index is -0.332. The summed E-state index contributed by atoms with van der Waals surface area (Å²) in [7, 11) is 0. The van der Waals surface area contributed by atoms with Gasteiger partial charge in [-0.05, 0) is 31.5 Å². The van der Waals surface area contributed by atoms with Gasteiger partial charge in [0.2, 0.25) is 0 Å². The van der Waals surface area contributed by atoms with E-state index >= 15 is 0 Å². The number of hydrogen-bond donors (Lipinski definition) is 0. The number of ether oxygens (including phenoxy) is 1. The SMILES string of the molecule is CCOC(=O)Cn1c(=NC(=O)C(C)C)sc2cc(C)ccc21. The Labute approximate surface area is 133 Å². The molecule has 0 aliphatic heterocycles. The Balaban J connectivity index is 2.58. The first kappa shape index (κ1) is 16.4. The minimum Gasteiger partial charge on any atom is -0.465 e. The van der Waals surface area contributed by atoms with E-state index in [2.05, 4.69) is 4.99 Å². The summed E-state index contributed by atoms with van der Waals surface area (Å²) in [4.78, 5) is 28.5. The number of benzene rings is 1. The van der Waals surface area contributed by atoms with Gasteiger partial charge in [-0.3, -0.25) is 9.59 Å². The molecule has 0 spiro atoms. The van der Waals surface area contributed by atoms with E-state index in [-0.39, 0.29) is 24.3 Å². The monoisotopic (exact) mass is 320 g/mol. The minimum absolute atomic E-state index is 0.0567. The lowest BCUT2D eigenvalue weighted by atomic mass is 10.2. The fourth-order valence-corrected chi connectivity index (χ4v) is 3.11. The lowest BCUT2D eigenvalue weighted by molar-refractivity contribution is -0.143. The van der Waals surface area contributed by atoms with Gasteiger partial charge in [-0.1, -0.05) is 31.3 Å². The van der Waals surface area contributed by atoms with Crippen molar-refractivity contribution in [2.45, 2.75) is 34.2 Å². The molecule has 2 rings (SSSR count). The molecule has 0 aliphatic rings. The zero-order valence-electron chi connectivity index (χ0n) is 13.3. The average molecular weight is 320 g/mol. The third-order valence-corrected chi connectivity index (χ3v) is 4.17. The van der Waals surface area contributed by atoms with Gasteiger partial charge in [0, 0.05) is 5.92 Å². The van der Waals surface area contributed by atoms with Gasteiger partial charge >= 0.3 is 5.97 Å². The highest BCUT2D eigenvalue weighted by molar-refractivity contribution is 7.16. The normalized spacial score (nSPS) is 12.1. The number of nitrogens with zero attached hydrogens (tertiary/aromatic N) is 2. The van der Waals surface area contributed by atoms with Crippen LogP contribution < -0.4 is 4.80 Å². The summed E-state index contributed by atoms with van der Waals surface area (Å²) in [6, 6.07) is 5.95. The van der Waals surface area contributed by atoms with Crippen LogP contribution in [0.3, 0.4) is 0 Å². The number of aromatic nitrogens is 1. The Hall–Kier alpha value is -1.95. The molecular weight excluding hydrogens is 300 g/mol. The van der Waals surface area contributed by atoms with Crippen LogP contribution in [0.2, 0.25) is 0 Å². The third-order valence-electron chi connectivity index (χ3n) is 3.13. The average Bonchev–Trinajstić information content (AvgIpc) is 2.75. The molecule has 0 N–H and O–H groups in total. The molecule has 22 heavy (non-hydrogen) atoms. The summed E-state index contributed by atoms with van der Waals surface area (Å²) >= 11 is 1.41. The number of thiazole rings is 1. The smallest absolute Gasteiger partial charge is 0.326 e. The number of hydrogen-bond acceptors (Lipinski definition) is 4. The van der Waals surface area contributed by atoms with Crippen LogP contribution in [0.15, 0.2) is 23.2 Å². The second-order valence-corrected chi connectivity index (χ2v) is 6.36. The molecule has 0 radical (unpaired) electrons. The van der Waals surface area contributed by atoms with Gasteiger partial charge in [0.25, 0.3) is 5.91 Å². The highest BCUT2D eigenvalue weighted by Crippen LogP contribution is 2.19. The Bertz CT molecular complexity index is 771. The van der Waals surface area contributed by atoms with Crippen molar-refractivity contribution >= 4 is 33.4 Å². The molecular formula is C16H20N2O3S. The zero-order valence-corrected chi connectivity index (χ0v) is 14.1. The van der Waals surface area contributed by atoms with Gasteiger partial charge in [0.1, 0.15) is 6.54 Å². The van der Waals surface area contributed by atoms with Crippen LogP contribution in [-0.4, -0.2) is 23.1 Å². The first-order chi connectivity index (χ1) is 10.4. The molecule has 1 aromatic heterocycles. The number of rotatable bonds is 4. The predicted molar refractivity (Wildman–Crippen MR) is 86.6 cm³/mol. The molecule has 2 aromatic rings. The lowest BCUT2D eigenvalue weighted by Gasteiger charge is -2.05. The van der Waals surface area contributed by atoms with Crippen LogP contribution >= 0.6 is 11.3 Å². The molecule has 0 saturated carbocycles. The molecule has 0 fully saturated rings. The van der Waals surface area contributed by atoms with Gasteiger partial charge in [-0.2, -0.15) is 4.99 Å². The van der Waals surface area contributed by atoms with Crippen molar-refractivity contribution in [1.29, 1.82) is 0 Å². The van der Waals surface area contributed by atoms with E-state index in [0.717, 1.165) is 15.8 Å². The number of carbonyl (C=O) groups excluding carboxylic acids is 2. The summed E-state index contributed by atoms with van der Waals surface area (Å²) in [5, 5.41) is 0. The van der Waals surface area contributed by atoms with E-state index in [1.807, 2.05) is 25.1 Å². The zero-order chi connectivity index (χ0) is 16.3. The van der Waals surface area contributed by atoms with E-state index < -0.39 is 0 Å². The van der Waals surface area contributed by atoms with Crippen LogP contribution in [0.5, 0.6) is 0 Å². The molecule has 6 heteroatoms.